The number of aryl methyl sites for hydroxylation is 1. The molecule has 1 aliphatic heterocycles. The van der Waals surface area contributed by atoms with Crippen LogP contribution in [0.3, 0.4) is 0 Å². The number of fused-ring (bicyclic) bond motifs is 1. The molecular formula is C17H20N4O3. The predicted octanol–water partition coefficient (Wildman–Crippen LogP) is 0.490. The molecule has 1 aromatic carbocycles. The van der Waals surface area contributed by atoms with Gasteiger partial charge in [0.2, 0.25) is 11.8 Å². The number of carbonyl (C=O) groups excluding carboxylic acids is 2. The number of nitrogens with zero attached hydrogens (tertiary/aromatic N) is 2. The molecule has 1 atom stereocenters. The zero-order chi connectivity index (χ0) is 17.1. The minimum absolute atomic E-state index is 0.171. The summed E-state index contributed by atoms with van der Waals surface area (Å²) in [6, 6.07) is 6.64. The van der Waals surface area contributed by atoms with Gasteiger partial charge in [0, 0.05) is 11.9 Å². The number of rotatable bonds is 3. The second-order valence-corrected chi connectivity index (χ2v) is 6.00. The lowest BCUT2D eigenvalue weighted by molar-refractivity contribution is -0.129. The van der Waals surface area contributed by atoms with Gasteiger partial charge in [-0.15, -0.1) is 0 Å². The Hall–Kier alpha value is -2.70. The van der Waals surface area contributed by atoms with Crippen LogP contribution in [-0.4, -0.2) is 34.2 Å². The number of nitrogens with one attached hydrogen (secondary N) is 2. The average molecular weight is 328 g/mol. The molecule has 1 fully saturated rings. The topological polar surface area (TPSA) is 93.1 Å². The van der Waals surface area contributed by atoms with Crippen molar-refractivity contribution in [2.24, 2.45) is 0 Å². The smallest absolute Gasteiger partial charge is 0.275 e. The summed E-state index contributed by atoms with van der Waals surface area (Å²) in [5, 5.41) is 11.0. The minimum atomic E-state index is -0.544. The largest absolute Gasteiger partial charge is 0.354 e. The van der Waals surface area contributed by atoms with Crippen LogP contribution in [-0.2, 0) is 16.1 Å². The highest BCUT2D eigenvalue weighted by Crippen LogP contribution is 2.11. The van der Waals surface area contributed by atoms with Gasteiger partial charge in [0.25, 0.3) is 5.56 Å². The maximum atomic E-state index is 12.5. The van der Waals surface area contributed by atoms with Gasteiger partial charge in [0.15, 0.2) is 0 Å². The maximum Gasteiger partial charge on any atom is 0.275 e. The third kappa shape index (κ3) is 3.29. The Morgan fingerprint density at radius 1 is 1.29 bits per heavy atom. The molecule has 0 saturated carbocycles. The molecule has 7 nitrogen and oxygen atoms in total. The molecule has 1 aromatic heterocycles. The van der Waals surface area contributed by atoms with Gasteiger partial charge >= 0.3 is 0 Å². The summed E-state index contributed by atoms with van der Waals surface area (Å²) in [4.78, 5) is 36.6. The molecule has 0 aliphatic carbocycles. The van der Waals surface area contributed by atoms with Crippen LogP contribution in [0, 0.1) is 6.92 Å². The summed E-state index contributed by atoms with van der Waals surface area (Å²) in [5.41, 5.74) is 0.377. The molecule has 0 spiro atoms. The van der Waals surface area contributed by atoms with Crippen LogP contribution in [0.2, 0.25) is 0 Å². The normalized spacial score (nSPS) is 18.0. The lowest BCUT2D eigenvalue weighted by Gasteiger charge is -2.15. The minimum Gasteiger partial charge on any atom is -0.354 e. The fourth-order valence-electron chi connectivity index (χ4n) is 2.96. The number of benzene rings is 1. The van der Waals surface area contributed by atoms with Crippen molar-refractivity contribution >= 4 is 22.6 Å². The monoisotopic (exact) mass is 328 g/mol. The highest BCUT2D eigenvalue weighted by Gasteiger charge is 2.22. The van der Waals surface area contributed by atoms with Gasteiger partial charge in [-0.05, 0) is 32.3 Å². The van der Waals surface area contributed by atoms with E-state index in [4.69, 9.17) is 0 Å². The fourth-order valence-corrected chi connectivity index (χ4v) is 2.96. The van der Waals surface area contributed by atoms with Gasteiger partial charge in [-0.25, -0.2) is 4.68 Å². The Kier molecular flexibility index (Phi) is 4.59. The molecule has 3 rings (SSSR count). The standard InChI is InChI=1S/C17H20N4O3/c1-11-12-6-2-3-7-13(12)17(24)21(20-11)10-15(22)19-14-8-4-5-9-18-16(14)23/h2-3,6-7,14H,4-5,8-10H2,1H3,(H,18,23)(H,19,22). The van der Waals surface area contributed by atoms with Crippen molar-refractivity contribution in [2.45, 2.75) is 38.8 Å². The second-order valence-electron chi connectivity index (χ2n) is 6.00. The van der Waals surface area contributed by atoms with E-state index in [2.05, 4.69) is 15.7 Å². The van der Waals surface area contributed by atoms with Crippen molar-refractivity contribution < 1.29 is 9.59 Å². The zero-order valence-electron chi connectivity index (χ0n) is 13.5. The first kappa shape index (κ1) is 16.2. The molecule has 2 N–H and O–H groups in total. The van der Waals surface area contributed by atoms with E-state index in [0.29, 0.717) is 24.0 Å². The lowest BCUT2D eigenvalue weighted by Crippen LogP contribution is -2.47. The Labute approximate surface area is 139 Å². The van der Waals surface area contributed by atoms with Gasteiger partial charge in [-0.2, -0.15) is 5.10 Å². The van der Waals surface area contributed by atoms with E-state index in [0.717, 1.165) is 22.9 Å². The molecule has 2 amide bonds. The van der Waals surface area contributed by atoms with Crippen molar-refractivity contribution in [3.8, 4) is 0 Å². The molecule has 1 saturated heterocycles. The van der Waals surface area contributed by atoms with E-state index in [9.17, 15) is 14.4 Å². The Bertz CT molecular complexity index is 843. The van der Waals surface area contributed by atoms with Crippen molar-refractivity contribution in [1.82, 2.24) is 20.4 Å². The first-order valence-corrected chi connectivity index (χ1v) is 8.10. The van der Waals surface area contributed by atoms with Crippen LogP contribution < -0.4 is 16.2 Å². The summed E-state index contributed by atoms with van der Waals surface area (Å²) in [6.07, 6.45) is 2.39. The van der Waals surface area contributed by atoms with E-state index in [1.807, 2.05) is 12.1 Å². The van der Waals surface area contributed by atoms with Crippen molar-refractivity contribution in [1.29, 1.82) is 0 Å². The second kappa shape index (κ2) is 6.82. The fraction of sp³-hybridized carbons (Fsp3) is 0.412. The Balaban J connectivity index is 1.79. The number of hydrogen-bond acceptors (Lipinski definition) is 4. The lowest BCUT2D eigenvalue weighted by atomic mass is 10.1. The molecular weight excluding hydrogens is 308 g/mol. The highest BCUT2D eigenvalue weighted by atomic mass is 16.2. The molecule has 7 heteroatoms. The molecule has 24 heavy (non-hydrogen) atoms. The number of carbonyl (C=O) groups is 2. The van der Waals surface area contributed by atoms with E-state index >= 15 is 0 Å². The van der Waals surface area contributed by atoms with E-state index < -0.39 is 6.04 Å². The van der Waals surface area contributed by atoms with Gasteiger partial charge in [-0.3, -0.25) is 14.4 Å². The van der Waals surface area contributed by atoms with Crippen LogP contribution in [0.4, 0.5) is 0 Å². The molecule has 126 valence electrons. The Morgan fingerprint density at radius 2 is 2.04 bits per heavy atom. The third-order valence-electron chi connectivity index (χ3n) is 4.22. The number of aromatic nitrogens is 2. The average Bonchev–Trinajstić information content (AvgIpc) is 2.77. The van der Waals surface area contributed by atoms with Crippen LogP contribution in [0.15, 0.2) is 29.1 Å². The summed E-state index contributed by atoms with van der Waals surface area (Å²) >= 11 is 0. The van der Waals surface area contributed by atoms with E-state index in [1.54, 1.807) is 19.1 Å². The molecule has 1 aliphatic rings. The quantitative estimate of drug-likeness (QED) is 0.857. The zero-order valence-corrected chi connectivity index (χ0v) is 13.5. The summed E-state index contributed by atoms with van der Waals surface area (Å²) < 4.78 is 1.15. The molecule has 1 unspecified atom stereocenters. The summed E-state index contributed by atoms with van der Waals surface area (Å²) in [7, 11) is 0. The van der Waals surface area contributed by atoms with Gasteiger partial charge < -0.3 is 10.6 Å². The molecule has 0 bridgehead atoms. The third-order valence-corrected chi connectivity index (χ3v) is 4.22. The maximum absolute atomic E-state index is 12.5. The van der Waals surface area contributed by atoms with E-state index in [1.165, 1.54) is 0 Å². The SMILES string of the molecule is Cc1nn(CC(=O)NC2CCCCNC2=O)c(=O)c2ccccc12. The number of amides is 2. The van der Waals surface area contributed by atoms with Crippen LogP contribution in [0.5, 0.6) is 0 Å². The first-order chi connectivity index (χ1) is 11.6. The molecule has 0 radical (unpaired) electrons. The first-order valence-electron chi connectivity index (χ1n) is 8.10. The van der Waals surface area contributed by atoms with Crippen molar-refractivity contribution in [2.75, 3.05) is 6.54 Å². The van der Waals surface area contributed by atoms with E-state index in [-0.39, 0.29) is 23.9 Å². The van der Waals surface area contributed by atoms with Gasteiger partial charge in [0.1, 0.15) is 12.6 Å². The predicted molar refractivity (Wildman–Crippen MR) is 89.5 cm³/mol. The van der Waals surface area contributed by atoms with Gasteiger partial charge in [0.05, 0.1) is 11.1 Å². The summed E-state index contributed by atoms with van der Waals surface area (Å²) in [5.74, 6) is -0.558. The Morgan fingerprint density at radius 3 is 2.83 bits per heavy atom. The van der Waals surface area contributed by atoms with Crippen LogP contribution >= 0.6 is 0 Å². The molecule has 2 aromatic rings. The highest BCUT2D eigenvalue weighted by molar-refractivity contribution is 5.88. The van der Waals surface area contributed by atoms with Crippen LogP contribution in [0.1, 0.15) is 25.0 Å². The molecule has 2 heterocycles. The summed E-state index contributed by atoms with van der Waals surface area (Å²) in [6.45, 7) is 2.24. The van der Waals surface area contributed by atoms with Crippen molar-refractivity contribution in [3.63, 3.8) is 0 Å². The van der Waals surface area contributed by atoms with Crippen LogP contribution in [0.25, 0.3) is 10.8 Å². The van der Waals surface area contributed by atoms with Crippen molar-refractivity contribution in [3.05, 3.63) is 40.3 Å². The van der Waals surface area contributed by atoms with Gasteiger partial charge in [-0.1, -0.05) is 18.2 Å². The number of hydrogen-bond donors (Lipinski definition) is 2.